The molecule has 1 aromatic heterocycles. The zero-order valence-corrected chi connectivity index (χ0v) is 14.7. The summed E-state index contributed by atoms with van der Waals surface area (Å²) in [6.07, 6.45) is 1.97. The number of carbonyl (C=O) groups excluding carboxylic acids is 1. The fourth-order valence-corrected chi connectivity index (χ4v) is 2.87. The van der Waals surface area contributed by atoms with Crippen LogP contribution in [0.25, 0.3) is 10.9 Å². The van der Waals surface area contributed by atoms with Crippen LogP contribution >= 0.6 is 15.9 Å². The Morgan fingerprint density at radius 3 is 2.83 bits per heavy atom. The van der Waals surface area contributed by atoms with Gasteiger partial charge in [0.2, 0.25) is 5.91 Å². The molecule has 0 saturated carbocycles. The van der Waals surface area contributed by atoms with Crippen LogP contribution < -0.4 is 5.32 Å². The Labute approximate surface area is 148 Å². The first-order chi connectivity index (χ1) is 11.5. The van der Waals surface area contributed by atoms with Gasteiger partial charge in [0, 0.05) is 18.0 Å². The van der Waals surface area contributed by atoms with Crippen LogP contribution in [0, 0.1) is 5.82 Å². The van der Waals surface area contributed by atoms with Gasteiger partial charge in [-0.1, -0.05) is 31.2 Å². The molecule has 1 heterocycles. The Hall–Kier alpha value is -2.27. The molecular formula is C19H16BrFN2O. The average molecular weight is 387 g/mol. The second-order valence-electron chi connectivity index (χ2n) is 5.71. The van der Waals surface area contributed by atoms with Crippen molar-refractivity contribution >= 4 is 38.4 Å². The summed E-state index contributed by atoms with van der Waals surface area (Å²) in [6.45, 7) is 1.91. The van der Waals surface area contributed by atoms with Gasteiger partial charge in [-0.05, 0) is 51.7 Å². The van der Waals surface area contributed by atoms with Crippen LogP contribution in [0.4, 0.5) is 10.1 Å². The van der Waals surface area contributed by atoms with Crippen LogP contribution in [0.1, 0.15) is 24.8 Å². The minimum atomic E-state index is -0.321. The molecule has 0 aliphatic heterocycles. The second kappa shape index (κ2) is 7.09. The number of para-hydroxylation sites is 1. The van der Waals surface area contributed by atoms with E-state index in [-0.39, 0.29) is 24.1 Å². The average Bonchev–Trinajstić information content (AvgIpc) is 2.57. The minimum Gasteiger partial charge on any atom is -0.324 e. The molecule has 1 unspecified atom stereocenters. The van der Waals surface area contributed by atoms with Crippen LogP contribution in [-0.2, 0) is 4.79 Å². The maximum absolute atomic E-state index is 13.6. The number of fused-ring (bicyclic) bond motifs is 1. The molecule has 0 saturated heterocycles. The third kappa shape index (κ3) is 3.62. The van der Waals surface area contributed by atoms with Crippen LogP contribution in [-0.4, -0.2) is 10.9 Å². The van der Waals surface area contributed by atoms with Crippen molar-refractivity contribution in [2.24, 2.45) is 0 Å². The highest BCUT2D eigenvalue weighted by Crippen LogP contribution is 2.25. The summed E-state index contributed by atoms with van der Waals surface area (Å²) in [7, 11) is 0. The monoisotopic (exact) mass is 386 g/mol. The fourth-order valence-electron chi connectivity index (χ4n) is 2.62. The van der Waals surface area contributed by atoms with E-state index in [1.807, 2.05) is 43.3 Å². The molecule has 1 atom stereocenters. The molecule has 0 spiro atoms. The van der Waals surface area contributed by atoms with Crippen molar-refractivity contribution in [2.75, 3.05) is 5.32 Å². The number of halogens is 2. The maximum Gasteiger partial charge on any atom is 0.225 e. The quantitative estimate of drug-likeness (QED) is 0.663. The van der Waals surface area contributed by atoms with E-state index in [2.05, 4.69) is 26.2 Å². The number of nitrogens with one attached hydrogen (secondary N) is 1. The molecule has 3 aromatic rings. The lowest BCUT2D eigenvalue weighted by Gasteiger charge is -2.13. The van der Waals surface area contributed by atoms with E-state index >= 15 is 0 Å². The Bertz CT molecular complexity index is 892. The molecule has 5 heteroatoms. The van der Waals surface area contributed by atoms with E-state index in [0.717, 1.165) is 16.5 Å². The van der Waals surface area contributed by atoms with Gasteiger partial charge in [-0.2, -0.15) is 0 Å². The molecule has 24 heavy (non-hydrogen) atoms. The van der Waals surface area contributed by atoms with Gasteiger partial charge in [0.1, 0.15) is 5.82 Å². The summed E-state index contributed by atoms with van der Waals surface area (Å²) in [5.41, 5.74) is 2.24. The van der Waals surface area contributed by atoms with E-state index in [9.17, 15) is 9.18 Å². The summed E-state index contributed by atoms with van der Waals surface area (Å²) in [5, 5.41) is 3.88. The fraction of sp³-hybridized carbons (Fsp3) is 0.158. The van der Waals surface area contributed by atoms with Gasteiger partial charge in [-0.3, -0.25) is 9.78 Å². The SMILES string of the molecule is CC(CC(=O)Nc1cccc2cccnc12)c1ccc(Br)c(F)c1. The third-order valence-electron chi connectivity index (χ3n) is 3.91. The molecule has 0 bridgehead atoms. The first-order valence-electron chi connectivity index (χ1n) is 7.63. The zero-order chi connectivity index (χ0) is 17.1. The van der Waals surface area contributed by atoms with Crippen molar-refractivity contribution in [3.8, 4) is 0 Å². The number of hydrogen-bond acceptors (Lipinski definition) is 2. The summed E-state index contributed by atoms with van der Waals surface area (Å²) < 4.78 is 14.1. The molecule has 0 aliphatic carbocycles. The Morgan fingerprint density at radius 2 is 2.04 bits per heavy atom. The molecule has 3 rings (SSSR count). The summed E-state index contributed by atoms with van der Waals surface area (Å²) in [5.74, 6) is -0.530. The highest BCUT2D eigenvalue weighted by Gasteiger charge is 2.14. The van der Waals surface area contributed by atoms with Crippen molar-refractivity contribution in [3.63, 3.8) is 0 Å². The van der Waals surface area contributed by atoms with Crippen molar-refractivity contribution in [1.29, 1.82) is 0 Å². The van der Waals surface area contributed by atoms with Crippen molar-refractivity contribution in [1.82, 2.24) is 4.98 Å². The highest BCUT2D eigenvalue weighted by atomic mass is 79.9. The number of rotatable bonds is 4. The van der Waals surface area contributed by atoms with Crippen molar-refractivity contribution in [2.45, 2.75) is 19.3 Å². The van der Waals surface area contributed by atoms with E-state index in [1.165, 1.54) is 6.07 Å². The normalized spacial score (nSPS) is 12.1. The summed E-state index contributed by atoms with van der Waals surface area (Å²) in [4.78, 5) is 16.7. The predicted octanol–water partition coefficient (Wildman–Crippen LogP) is 5.27. The minimum absolute atomic E-state index is 0.0875. The van der Waals surface area contributed by atoms with Gasteiger partial charge in [-0.15, -0.1) is 0 Å². The lowest BCUT2D eigenvalue weighted by atomic mass is 9.97. The van der Waals surface area contributed by atoms with Crippen LogP contribution in [0.5, 0.6) is 0 Å². The standard InChI is InChI=1S/C19H16BrFN2O/c1-12(14-7-8-15(20)16(21)11-14)10-18(24)23-17-6-2-4-13-5-3-9-22-19(13)17/h2-9,11-12H,10H2,1H3,(H,23,24). The van der Waals surface area contributed by atoms with E-state index in [1.54, 1.807) is 12.3 Å². The predicted molar refractivity (Wildman–Crippen MR) is 97.5 cm³/mol. The first kappa shape index (κ1) is 16.6. The third-order valence-corrected chi connectivity index (χ3v) is 4.55. The lowest BCUT2D eigenvalue weighted by Crippen LogP contribution is -2.15. The van der Waals surface area contributed by atoms with Gasteiger partial charge in [0.25, 0.3) is 0 Å². The molecule has 0 aliphatic rings. The van der Waals surface area contributed by atoms with Gasteiger partial charge in [0.15, 0.2) is 0 Å². The van der Waals surface area contributed by atoms with Crippen LogP contribution in [0.15, 0.2) is 59.2 Å². The first-order valence-corrected chi connectivity index (χ1v) is 8.42. The van der Waals surface area contributed by atoms with Crippen molar-refractivity contribution in [3.05, 3.63) is 70.6 Å². The molecule has 0 radical (unpaired) electrons. The molecular weight excluding hydrogens is 371 g/mol. The maximum atomic E-state index is 13.6. The zero-order valence-electron chi connectivity index (χ0n) is 13.1. The topological polar surface area (TPSA) is 42.0 Å². The number of carbonyl (C=O) groups is 1. The Balaban J connectivity index is 1.74. The largest absolute Gasteiger partial charge is 0.324 e. The van der Waals surface area contributed by atoms with Gasteiger partial charge < -0.3 is 5.32 Å². The number of benzene rings is 2. The highest BCUT2D eigenvalue weighted by molar-refractivity contribution is 9.10. The Morgan fingerprint density at radius 1 is 1.25 bits per heavy atom. The number of nitrogens with zero attached hydrogens (tertiary/aromatic N) is 1. The van der Waals surface area contributed by atoms with Gasteiger partial charge in [0.05, 0.1) is 15.7 Å². The van der Waals surface area contributed by atoms with E-state index < -0.39 is 0 Å². The molecule has 1 N–H and O–H groups in total. The molecule has 3 nitrogen and oxygen atoms in total. The summed E-state index contributed by atoms with van der Waals surface area (Å²) in [6, 6.07) is 14.4. The lowest BCUT2D eigenvalue weighted by molar-refractivity contribution is -0.116. The van der Waals surface area contributed by atoms with Gasteiger partial charge >= 0.3 is 0 Å². The molecule has 0 fully saturated rings. The van der Waals surface area contributed by atoms with Crippen molar-refractivity contribution < 1.29 is 9.18 Å². The van der Waals surface area contributed by atoms with Crippen LogP contribution in [0.3, 0.4) is 0 Å². The summed E-state index contributed by atoms with van der Waals surface area (Å²) >= 11 is 3.14. The number of anilines is 1. The van der Waals surface area contributed by atoms with E-state index in [0.29, 0.717) is 10.2 Å². The second-order valence-corrected chi connectivity index (χ2v) is 6.56. The molecule has 2 aromatic carbocycles. The number of amides is 1. The van der Waals surface area contributed by atoms with Gasteiger partial charge in [-0.25, -0.2) is 4.39 Å². The smallest absolute Gasteiger partial charge is 0.225 e. The van der Waals surface area contributed by atoms with E-state index in [4.69, 9.17) is 0 Å². The Kier molecular flexibility index (Phi) is 4.90. The molecule has 122 valence electrons. The molecule has 1 amide bonds. The van der Waals surface area contributed by atoms with Crippen LogP contribution in [0.2, 0.25) is 0 Å². The number of hydrogen-bond donors (Lipinski definition) is 1. The number of pyridine rings is 1. The number of aromatic nitrogens is 1.